The number of nitrogens with one attached hydrogen (secondary N) is 1. The molecule has 1 aromatic carbocycles. The predicted molar refractivity (Wildman–Crippen MR) is 105 cm³/mol. The Balaban J connectivity index is 1.75. The van der Waals surface area contributed by atoms with Gasteiger partial charge in [-0.15, -0.1) is 5.10 Å². The first-order valence-corrected chi connectivity index (χ1v) is 8.77. The molecule has 4 rings (SSSR count). The number of anilines is 1. The number of aryl methyl sites for hydroxylation is 2. The summed E-state index contributed by atoms with van der Waals surface area (Å²) in [6.07, 6.45) is 1.60. The summed E-state index contributed by atoms with van der Waals surface area (Å²) in [7, 11) is 0. The number of aromatic nitrogens is 5. The maximum Gasteiger partial charge on any atom is 0.275 e. The highest BCUT2D eigenvalue weighted by Crippen LogP contribution is 2.20. The third-order valence-corrected chi connectivity index (χ3v) is 4.42. The van der Waals surface area contributed by atoms with Crippen molar-refractivity contribution >= 4 is 17.5 Å². The molecule has 1 amide bonds. The number of hydrogen-bond acceptors (Lipinski definition) is 5. The lowest BCUT2D eigenvalue weighted by molar-refractivity contribution is -0.116. The van der Waals surface area contributed by atoms with Crippen LogP contribution in [0.2, 0.25) is 0 Å². The van der Waals surface area contributed by atoms with Crippen LogP contribution in [-0.4, -0.2) is 30.1 Å². The van der Waals surface area contributed by atoms with Crippen molar-refractivity contribution in [3.05, 3.63) is 76.3 Å². The second-order valence-electron chi connectivity index (χ2n) is 6.44. The van der Waals surface area contributed by atoms with E-state index in [2.05, 4.69) is 20.4 Å². The molecule has 0 aliphatic rings. The molecule has 28 heavy (non-hydrogen) atoms. The number of rotatable bonds is 4. The molecule has 0 bridgehead atoms. The van der Waals surface area contributed by atoms with Gasteiger partial charge in [0, 0.05) is 23.5 Å². The molecule has 0 unspecified atom stereocenters. The fourth-order valence-electron chi connectivity index (χ4n) is 3.00. The third-order valence-electron chi connectivity index (χ3n) is 4.42. The molecule has 0 spiro atoms. The molecule has 3 aromatic heterocycles. The number of benzene rings is 1. The average molecular weight is 374 g/mol. The summed E-state index contributed by atoms with van der Waals surface area (Å²) in [4.78, 5) is 33.5. The number of hydrogen-bond donors (Lipinski definition) is 1. The van der Waals surface area contributed by atoms with Crippen LogP contribution in [0.5, 0.6) is 0 Å². The number of carbonyl (C=O) groups excluding carboxylic acids is 1. The van der Waals surface area contributed by atoms with Crippen LogP contribution in [0.15, 0.2) is 59.5 Å². The quantitative estimate of drug-likeness (QED) is 0.591. The standard InChI is InChI=1S/C20H18N6O2/c1-13-7-3-4-8-15(13)19-23-20-25(14(2)11-18(28)26(20)24-19)12-17(27)22-16-9-5-6-10-21-16/h3-11H,12H2,1-2H3,(H,21,22,27). The number of nitrogens with zero attached hydrogens (tertiary/aromatic N) is 5. The van der Waals surface area contributed by atoms with Gasteiger partial charge < -0.3 is 9.88 Å². The Morgan fingerprint density at radius 2 is 1.89 bits per heavy atom. The minimum atomic E-state index is -0.291. The van der Waals surface area contributed by atoms with Gasteiger partial charge in [0.2, 0.25) is 11.7 Å². The van der Waals surface area contributed by atoms with E-state index in [-0.39, 0.29) is 18.0 Å². The van der Waals surface area contributed by atoms with Crippen LogP contribution < -0.4 is 10.9 Å². The second kappa shape index (κ2) is 7.07. The summed E-state index contributed by atoms with van der Waals surface area (Å²) in [6.45, 7) is 3.70. The molecule has 8 heteroatoms. The number of fused-ring (bicyclic) bond motifs is 1. The van der Waals surface area contributed by atoms with Gasteiger partial charge in [-0.25, -0.2) is 4.98 Å². The Hall–Kier alpha value is -3.81. The van der Waals surface area contributed by atoms with Crippen LogP contribution in [0.25, 0.3) is 17.2 Å². The largest absolute Gasteiger partial charge is 0.309 e. The van der Waals surface area contributed by atoms with Crippen LogP contribution in [0.4, 0.5) is 5.82 Å². The van der Waals surface area contributed by atoms with Crippen LogP contribution in [0, 0.1) is 13.8 Å². The highest BCUT2D eigenvalue weighted by atomic mass is 16.2. The van der Waals surface area contributed by atoms with Gasteiger partial charge in [0.15, 0.2) is 5.82 Å². The molecule has 0 aliphatic carbocycles. The van der Waals surface area contributed by atoms with Crippen LogP contribution in [-0.2, 0) is 11.3 Å². The van der Waals surface area contributed by atoms with Gasteiger partial charge in [0.05, 0.1) is 0 Å². The van der Waals surface area contributed by atoms with Gasteiger partial charge in [-0.2, -0.15) is 9.50 Å². The average Bonchev–Trinajstić information content (AvgIpc) is 3.12. The minimum absolute atomic E-state index is 0.0158. The second-order valence-corrected chi connectivity index (χ2v) is 6.44. The van der Waals surface area contributed by atoms with Gasteiger partial charge in [-0.1, -0.05) is 30.3 Å². The highest BCUT2D eigenvalue weighted by molar-refractivity contribution is 5.89. The summed E-state index contributed by atoms with van der Waals surface area (Å²) in [5.74, 6) is 0.955. The van der Waals surface area contributed by atoms with E-state index in [4.69, 9.17) is 0 Å². The lowest BCUT2D eigenvalue weighted by Crippen LogP contribution is -2.25. The number of amides is 1. The summed E-state index contributed by atoms with van der Waals surface area (Å²) in [6, 6.07) is 14.4. The molecule has 4 aromatic rings. The fourth-order valence-corrected chi connectivity index (χ4v) is 3.00. The van der Waals surface area contributed by atoms with E-state index >= 15 is 0 Å². The first-order valence-electron chi connectivity index (χ1n) is 8.77. The molecular formula is C20H18N6O2. The van der Waals surface area contributed by atoms with E-state index in [1.165, 1.54) is 10.6 Å². The van der Waals surface area contributed by atoms with E-state index < -0.39 is 0 Å². The molecule has 0 radical (unpaired) electrons. The molecular weight excluding hydrogens is 356 g/mol. The zero-order chi connectivity index (χ0) is 19.7. The molecule has 0 saturated heterocycles. The predicted octanol–water partition coefficient (Wildman–Crippen LogP) is 2.21. The van der Waals surface area contributed by atoms with E-state index in [0.29, 0.717) is 23.1 Å². The highest BCUT2D eigenvalue weighted by Gasteiger charge is 2.16. The van der Waals surface area contributed by atoms with E-state index in [9.17, 15) is 9.59 Å². The molecule has 1 N–H and O–H groups in total. The van der Waals surface area contributed by atoms with E-state index in [0.717, 1.165) is 11.1 Å². The molecule has 0 atom stereocenters. The fraction of sp³-hybridized carbons (Fsp3) is 0.150. The van der Waals surface area contributed by atoms with Crippen molar-refractivity contribution in [2.24, 2.45) is 0 Å². The van der Waals surface area contributed by atoms with Crippen molar-refractivity contribution in [2.45, 2.75) is 20.4 Å². The minimum Gasteiger partial charge on any atom is -0.309 e. The molecule has 140 valence electrons. The first kappa shape index (κ1) is 17.6. The van der Waals surface area contributed by atoms with Crippen LogP contribution in [0.1, 0.15) is 11.3 Å². The van der Waals surface area contributed by atoms with Crippen molar-refractivity contribution in [3.63, 3.8) is 0 Å². The molecule has 3 heterocycles. The Morgan fingerprint density at radius 1 is 1.11 bits per heavy atom. The number of carbonyl (C=O) groups is 1. The van der Waals surface area contributed by atoms with Gasteiger partial charge in [-0.05, 0) is 31.5 Å². The van der Waals surface area contributed by atoms with Gasteiger partial charge in [0.25, 0.3) is 5.56 Å². The molecule has 0 saturated carbocycles. The first-order chi connectivity index (χ1) is 13.5. The lowest BCUT2D eigenvalue weighted by atomic mass is 10.1. The normalized spacial score (nSPS) is 10.9. The van der Waals surface area contributed by atoms with Crippen LogP contribution in [0.3, 0.4) is 0 Å². The van der Waals surface area contributed by atoms with Crippen molar-refractivity contribution in [2.75, 3.05) is 5.32 Å². The molecule has 0 aliphatic heterocycles. The maximum absolute atomic E-state index is 12.5. The SMILES string of the molecule is Cc1ccccc1-c1nc2n(CC(=O)Nc3ccccn3)c(C)cc(=O)n2n1. The maximum atomic E-state index is 12.5. The smallest absolute Gasteiger partial charge is 0.275 e. The summed E-state index contributed by atoms with van der Waals surface area (Å²) in [5.41, 5.74) is 2.17. The topological polar surface area (TPSA) is 94.2 Å². The third kappa shape index (κ3) is 3.27. The summed E-state index contributed by atoms with van der Waals surface area (Å²) in [5, 5.41) is 7.10. The van der Waals surface area contributed by atoms with Crippen molar-refractivity contribution < 1.29 is 4.79 Å². The molecule has 8 nitrogen and oxygen atoms in total. The Labute approximate surface area is 160 Å². The monoisotopic (exact) mass is 374 g/mol. The van der Waals surface area contributed by atoms with E-state index in [1.807, 2.05) is 31.2 Å². The van der Waals surface area contributed by atoms with Gasteiger partial charge in [-0.3, -0.25) is 9.59 Å². The van der Waals surface area contributed by atoms with Gasteiger partial charge in [0.1, 0.15) is 12.4 Å². The Morgan fingerprint density at radius 3 is 2.64 bits per heavy atom. The Bertz CT molecular complexity index is 1230. The number of pyridine rings is 1. The zero-order valence-electron chi connectivity index (χ0n) is 15.5. The zero-order valence-corrected chi connectivity index (χ0v) is 15.5. The van der Waals surface area contributed by atoms with Crippen molar-refractivity contribution in [3.8, 4) is 11.4 Å². The van der Waals surface area contributed by atoms with Crippen molar-refractivity contribution in [1.29, 1.82) is 0 Å². The summed E-state index contributed by atoms with van der Waals surface area (Å²) >= 11 is 0. The molecule has 0 fully saturated rings. The lowest BCUT2D eigenvalue weighted by Gasteiger charge is -2.11. The van der Waals surface area contributed by atoms with Crippen LogP contribution >= 0.6 is 0 Å². The van der Waals surface area contributed by atoms with Gasteiger partial charge >= 0.3 is 0 Å². The summed E-state index contributed by atoms with van der Waals surface area (Å²) < 4.78 is 2.89. The Kier molecular flexibility index (Phi) is 4.44. The van der Waals surface area contributed by atoms with E-state index in [1.54, 1.807) is 35.9 Å². The van der Waals surface area contributed by atoms with Crippen molar-refractivity contribution in [1.82, 2.24) is 24.1 Å².